The highest BCUT2D eigenvalue weighted by Gasteiger charge is 2.20. The van der Waals surface area contributed by atoms with Gasteiger partial charge in [0.05, 0.1) is 10.9 Å². The van der Waals surface area contributed by atoms with Crippen molar-refractivity contribution in [3.63, 3.8) is 0 Å². The second-order valence-electron chi connectivity index (χ2n) is 5.34. The molecule has 1 nitrogen and oxygen atoms in total. The Hall–Kier alpha value is -1.71. The molecule has 23 heavy (non-hydrogen) atoms. The Kier molecular flexibility index (Phi) is 5.42. The van der Waals surface area contributed by atoms with Gasteiger partial charge in [0, 0.05) is 5.75 Å². The van der Waals surface area contributed by atoms with Crippen molar-refractivity contribution in [1.29, 1.82) is 0 Å². The number of aliphatic imine (C=N–C) groups is 1. The molecule has 2 aromatic rings. The van der Waals surface area contributed by atoms with Crippen LogP contribution in [0.2, 0.25) is 0 Å². The molecule has 1 aliphatic rings. The largest absolute Gasteiger partial charge is 0.235 e. The highest BCUT2D eigenvalue weighted by Crippen LogP contribution is 2.41. The average molecular weight is 338 g/mol. The van der Waals surface area contributed by atoms with Gasteiger partial charge in [-0.05, 0) is 24.1 Å². The minimum Gasteiger partial charge on any atom is -0.235 e. The van der Waals surface area contributed by atoms with E-state index in [0.29, 0.717) is 5.25 Å². The molecule has 3 heteroatoms. The summed E-state index contributed by atoms with van der Waals surface area (Å²) in [5.41, 5.74) is 4.83. The van der Waals surface area contributed by atoms with Crippen molar-refractivity contribution in [2.75, 3.05) is 5.75 Å². The van der Waals surface area contributed by atoms with Crippen LogP contribution in [0.1, 0.15) is 21.9 Å². The van der Waals surface area contributed by atoms with Gasteiger partial charge in [-0.1, -0.05) is 89.8 Å². The number of thioether (sulfide) groups is 2. The van der Waals surface area contributed by atoms with E-state index in [1.54, 1.807) is 11.8 Å². The van der Waals surface area contributed by atoms with Crippen LogP contribution < -0.4 is 0 Å². The topological polar surface area (TPSA) is 12.4 Å². The smallest absolute Gasteiger partial charge is 0.131 e. The zero-order valence-corrected chi connectivity index (χ0v) is 14.7. The van der Waals surface area contributed by atoms with Gasteiger partial charge in [0.1, 0.15) is 4.38 Å². The van der Waals surface area contributed by atoms with Gasteiger partial charge in [-0.25, -0.2) is 4.99 Å². The predicted molar refractivity (Wildman–Crippen MR) is 106 cm³/mol. The second kappa shape index (κ2) is 7.71. The molecule has 116 valence electrons. The maximum absolute atomic E-state index is 4.84. The first-order valence-electron chi connectivity index (χ1n) is 7.59. The van der Waals surface area contributed by atoms with E-state index in [1.165, 1.54) is 16.7 Å². The molecule has 0 saturated heterocycles. The molecule has 3 rings (SSSR count). The highest BCUT2D eigenvalue weighted by molar-refractivity contribution is 8.39. The normalized spacial score (nSPS) is 17.3. The molecule has 1 heterocycles. The molecule has 0 bridgehead atoms. The molecule has 2 aromatic carbocycles. The zero-order valence-electron chi connectivity index (χ0n) is 13.1. The summed E-state index contributed by atoms with van der Waals surface area (Å²) < 4.78 is 1.11. The first-order chi connectivity index (χ1) is 11.3. The van der Waals surface area contributed by atoms with Gasteiger partial charge in [-0.15, -0.1) is 6.58 Å². The monoisotopic (exact) mass is 337 g/mol. The fourth-order valence-electron chi connectivity index (χ4n) is 2.33. The molecular weight excluding hydrogens is 318 g/mol. The lowest BCUT2D eigenvalue weighted by Gasteiger charge is -2.20. The summed E-state index contributed by atoms with van der Waals surface area (Å²) in [5, 5.41) is 0.302. The van der Waals surface area contributed by atoms with Gasteiger partial charge in [0.25, 0.3) is 0 Å². The van der Waals surface area contributed by atoms with Gasteiger partial charge in [-0.2, -0.15) is 0 Å². The van der Waals surface area contributed by atoms with Gasteiger partial charge in [0.2, 0.25) is 0 Å². The van der Waals surface area contributed by atoms with E-state index in [2.05, 4.69) is 68.1 Å². The fraction of sp³-hybridized carbons (Fsp3) is 0.150. The third kappa shape index (κ3) is 4.18. The minimum atomic E-state index is 0.302. The third-order valence-corrected chi connectivity index (χ3v) is 5.89. The van der Waals surface area contributed by atoms with E-state index in [1.807, 2.05) is 23.9 Å². The van der Waals surface area contributed by atoms with Crippen LogP contribution in [-0.4, -0.2) is 10.1 Å². The molecular formula is C20H19NS2. The molecule has 0 N–H and O–H groups in total. The first kappa shape index (κ1) is 16.2. The number of hydrogen-bond acceptors (Lipinski definition) is 3. The van der Waals surface area contributed by atoms with Crippen LogP contribution in [0, 0.1) is 6.92 Å². The highest BCUT2D eigenvalue weighted by atomic mass is 32.2. The summed E-state index contributed by atoms with van der Waals surface area (Å²) >= 11 is 3.57. The van der Waals surface area contributed by atoms with Crippen LogP contribution in [0.3, 0.4) is 0 Å². The molecule has 0 aliphatic carbocycles. The molecule has 0 radical (unpaired) electrons. The van der Waals surface area contributed by atoms with E-state index >= 15 is 0 Å². The Balaban J connectivity index is 1.94. The summed E-state index contributed by atoms with van der Waals surface area (Å²) in [6.07, 6.45) is 4.19. The van der Waals surface area contributed by atoms with Crippen LogP contribution in [-0.2, 0) is 0 Å². The quantitative estimate of drug-likeness (QED) is 0.625. The van der Waals surface area contributed by atoms with Gasteiger partial charge in [0.15, 0.2) is 0 Å². The standard InChI is InChI=1S/C20H19NS2/c1-3-13-22-20-21-18(16-7-5-4-6-8-16)14-19(23-20)17-11-9-15(2)10-12-17/h3-12,14,19H,1,13H2,2H3. The van der Waals surface area contributed by atoms with Crippen molar-refractivity contribution in [3.8, 4) is 0 Å². The summed E-state index contributed by atoms with van der Waals surface area (Å²) in [5.74, 6) is 0.883. The molecule has 0 amide bonds. The first-order valence-corrected chi connectivity index (χ1v) is 9.45. The van der Waals surface area contributed by atoms with Crippen LogP contribution in [0.5, 0.6) is 0 Å². The molecule has 0 saturated carbocycles. The Morgan fingerprint density at radius 2 is 1.87 bits per heavy atom. The molecule has 1 aliphatic heterocycles. The summed E-state index contributed by atoms with van der Waals surface area (Å²) in [6.45, 7) is 5.93. The summed E-state index contributed by atoms with van der Waals surface area (Å²) in [6, 6.07) is 19.2. The summed E-state index contributed by atoms with van der Waals surface area (Å²) in [4.78, 5) is 4.84. The Labute approximate surface area is 146 Å². The zero-order chi connectivity index (χ0) is 16.1. The maximum Gasteiger partial charge on any atom is 0.131 e. The van der Waals surface area contributed by atoms with Crippen molar-refractivity contribution in [3.05, 3.63) is 90.0 Å². The van der Waals surface area contributed by atoms with Crippen molar-refractivity contribution in [2.45, 2.75) is 12.2 Å². The van der Waals surface area contributed by atoms with Crippen molar-refractivity contribution in [2.24, 2.45) is 4.99 Å². The van der Waals surface area contributed by atoms with Crippen molar-refractivity contribution < 1.29 is 0 Å². The van der Waals surface area contributed by atoms with E-state index in [-0.39, 0.29) is 0 Å². The lowest BCUT2D eigenvalue weighted by molar-refractivity contribution is 1.21. The number of nitrogens with zero attached hydrogens (tertiary/aromatic N) is 1. The fourth-order valence-corrected chi connectivity index (χ4v) is 4.40. The van der Waals surface area contributed by atoms with E-state index < -0.39 is 0 Å². The van der Waals surface area contributed by atoms with Gasteiger partial charge in [-0.3, -0.25) is 0 Å². The lowest BCUT2D eigenvalue weighted by Crippen LogP contribution is -2.02. The number of aryl methyl sites for hydroxylation is 1. The number of hydrogen-bond donors (Lipinski definition) is 0. The minimum absolute atomic E-state index is 0.302. The predicted octanol–water partition coefficient (Wildman–Crippen LogP) is 6.10. The molecule has 0 fully saturated rings. The van der Waals surface area contributed by atoms with Crippen molar-refractivity contribution in [1.82, 2.24) is 0 Å². The second-order valence-corrected chi connectivity index (χ2v) is 7.74. The molecule has 0 spiro atoms. The Bertz CT molecular complexity index is 730. The average Bonchev–Trinajstić information content (AvgIpc) is 2.61. The number of rotatable bonds is 4. The van der Waals surface area contributed by atoms with Crippen LogP contribution in [0.15, 0.2) is 78.3 Å². The number of benzene rings is 2. The maximum atomic E-state index is 4.84. The molecule has 0 aromatic heterocycles. The SMILES string of the molecule is C=CCSC1=NC(c2ccccc2)=CC(c2ccc(C)cc2)S1. The molecule has 1 unspecified atom stereocenters. The third-order valence-electron chi connectivity index (χ3n) is 3.55. The van der Waals surface area contributed by atoms with Crippen molar-refractivity contribution >= 4 is 33.6 Å². The van der Waals surface area contributed by atoms with E-state index in [9.17, 15) is 0 Å². The van der Waals surface area contributed by atoms with E-state index in [0.717, 1.165) is 15.8 Å². The lowest BCUT2D eigenvalue weighted by atomic mass is 10.1. The van der Waals surface area contributed by atoms with Crippen LogP contribution in [0.4, 0.5) is 0 Å². The summed E-state index contributed by atoms with van der Waals surface area (Å²) in [7, 11) is 0. The molecule has 1 atom stereocenters. The van der Waals surface area contributed by atoms with Crippen LogP contribution in [0.25, 0.3) is 5.70 Å². The van der Waals surface area contributed by atoms with Gasteiger partial charge >= 0.3 is 0 Å². The van der Waals surface area contributed by atoms with E-state index in [4.69, 9.17) is 4.99 Å². The van der Waals surface area contributed by atoms with Gasteiger partial charge < -0.3 is 0 Å². The van der Waals surface area contributed by atoms with Crippen LogP contribution >= 0.6 is 23.5 Å². The Morgan fingerprint density at radius 3 is 2.57 bits per heavy atom. The Morgan fingerprint density at radius 1 is 1.13 bits per heavy atom.